The second kappa shape index (κ2) is 10.8. The summed E-state index contributed by atoms with van der Waals surface area (Å²) in [5, 5.41) is 8.24. The summed E-state index contributed by atoms with van der Waals surface area (Å²) in [6.07, 6.45) is 6.17. The maximum absolute atomic E-state index is 12.2. The minimum absolute atomic E-state index is 0.0434. The Kier molecular flexibility index (Phi) is 8.49. The van der Waals surface area contributed by atoms with Crippen molar-refractivity contribution < 1.29 is 19.1 Å². The summed E-state index contributed by atoms with van der Waals surface area (Å²) in [4.78, 5) is 35.7. The third-order valence-corrected chi connectivity index (χ3v) is 4.67. The van der Waals surface area contributed by atoms with Gasteiger partial charge in [0.15, 0.2) is 0 Å². The number of hydrogen-bond donors (Lipinski definition) is 3. The fourth-order valence-corrected chi connectivity index (χ4v) is 3.32. The van der Waals surface area contributed by atoms with Gasteiger partial charge in [-0.3, -0.25) is 9.59 Å². The van der Waals surface area contributed by atoms with Crippen molar-refractivity contribution in [3.8, 4) is 0 Å². The van der Waals surface area contributed by atoms with Crippen LogP contribution in [0.5, 0.6) is 0 Å². The van der Waals surface area contributed by atoms with Crippen LogP contribution in [0.4, 0.5) is 16.2 Å². The van der Waals surface area contributed by atoms with Gasteiger partial charge < -0.3 is 20.7 Å². The summed E-state index contributed by atoms with van der Waals surface area (Å²) in [7, 11) is 0. The molecule has 1 aromatic rings. The first-order chi connectivity index (χ1) is 13.7. The first-order valence-corrected chi connectivity index (χ1v) is 10.4. The standard InChI is InChI=1S/C22H33N3O4/c1-22(2,3)29-21(28)23-14-13-19(26)24-17-9-11-18(12-10-17)25-20(27)15-16-7-5-4-6-8-16/h9-12,16H,4-8,13-15H2,1-3H3,(H,23,28)(H,24,26)(H,25,27). The molecule has 7 nitrogen and oxygen atoms in total. The zero-order chi connectivity index (χ0) is 21.3. The van der Waals surface area contributed by atoms with Gasteiger partial charge in [-0.05, 0) is 63.8 Å². The number of amides is 3. The average Bonchev–Trinajstić information content (AvgIpc) is 2.62. The van der Waals surface area contributed by atoms with Crippen molar-refractivity contribution in [3.63, 3.8) is 0 Å². The average molecular weight is 404 g/mol. The van der Waals surface area contributed by atoms with Gasteiger partial charge in [0.2, 0.25) is 11.8 Å². The van der Waals surface area contributed by atoms with E-state index in [2.05, 4.69) is 16.0 Å². The smallest absolute Gasteiger partial charge is 0.407 e. The number of carbonyl (C=O) groups is 3. The Hall–Kier alpha value is -2.57. The number of alkyl carbamates (subject to hydrolysis) is 1. The van der Waals surface area contributed by atoms with E-state index in [1.54, 1.807) is 45.0 Å². The van der Waals surface area contributed by atoms with Gasteiger partial charge in [-0.1, -0.05) is 19.3 Å². The maximum Gasteiger partial charge on any atom is 0.407 e. The van der Waals surface area contributed by atoms with Crippen molar-refractivity contribution in [2.45, 2.75) is 71.3 Å². The SMILES string of the molecule is CC(C)(C)OC(=O)NCCC(=O)Nc1ccc(NC(=O)CC2CCCCC2)cc1. The molecule has 0 saturated heterocycles. The number of ether oxygens (including phenoxy) is 1. The molecule has 1 fully saturated rings. The number of benzene rings is 1. The molecule has 1 aliphatic carbocycles. The molecule has 0 atom stereocenters. The van der Waals surface area contributed by atoms with Crippen LogP contribution < -0.4 is 16.0 Å². The molecule has 1 aromatic carbocycles. The highest BCUT2D eigenvalue weighted by Crippen LogP contribution is 2.26. The van der Waals surface area contributed by atoms with Crippen LogP contribution in [0.2, 0.25) is 0 Å². The number of hydrogen-bond acceptors (Lipinski definition) is 4. The van der Waals surface area contributed by atoms with Crippen LogP contribution in [0, 0.1) is 5.92 Å². The zero-order valence-electron chi connectivity index (χ0n) is 17.7. The molecule has 7 heteroatoms. The number of nitrogens with one attached hydrogen (secondary N) is 3. The van der Waals surface area contributed by atoms with E-state index < -0.39 is 11.7 Å². The Morgan fingerprint density at radius 1 is 0.931 bits per heavy atom. The van der Waals surface area contributed by atoms with Crippen LogP contribution in [-0.4, -0.2) is 30.1 Å². The fourth-order valence-electron chi connectivity index (χ4n) is 3.32. The highest BCUT2D eigenvalue weighted by Gasteiger charge is 2.17. The Labute approximate surface area is 173 Å². The van der Waals surface area contributed by atoms with E-state index in [1.165, 1.54) is 19.3 Å². The molecular weight excluding hydrogens is 370 g/mol. The number of carbonyl (C=O) groups excluding carboxylic acids is 3. The topological polar surface area (TPSA) is 96.5 Å². The van der Waals surface area contributed by atoms with Crippen molar-refractivity contribution in [1.29, 1.82) is 0 Å². The Morgan fingerprint density at radius 2 is 1.48 bits per heavy atom. The maximum atomic E-state index is 12.2. The van der Waals surface area contributed by atoms with Gasteiger partial charge in [0.1, 0.15) is 5.60 Å². The largest absolute Gasteiger partial charge is 0.444 e. The Balaban J connectivity index is 1.69. The monoisotopic (exact) mass is 403 g/mol. The van der Waals surface area contributed by atoms with Gasteiger partial charge in [0.25, 0.3) is 0 Å². The lowest BCUT2D eigenvalue weighted by atomic mass is 9.87. The number of rotatable bonds is 7. The molecule has 29 heavy (non-hydrogen) atoms. The highest BCUT2D eigenvalue weighted by atomic mass is 16.6. The summed E-state index contributed by atoms with van der Waals surface area (Å²) in [5.74, 6) is 0.327. The van der Waals surface area contributed by atoms with E-state index in [4.69, 9.17) is 4.74 Å². The normalized spacial score (nSPS) is 14.7. The quantitative estimate of drug-likeness (QED) is 0.627. The summed E-state index contributed by atoms with van der Waals surface area (Å²) in [6.45, 7) is 5.53. The predicted molar refractivity (Wildman–Crippen MR) is 114 cm³/mol. The van der Waals surface area contributed by atoms with Crippen LogP contribution in [0.3, 0.4) is 0 Å². The molecule has 2 rings (SSSR count). The van der Waals surface area contributed by atoms with E-state index in [-0.39, 0.29) is 24.8 Å². The lowest BCUT2D eigenvalue weighted by Gasteiger charge is -2.20. The molecule has 0 bridgehead atoms. The fraction of sp³-hybridized carbons (Fsp3) is 0.591. The Morgan fingerprint density at radius 3 is 2.03 bits per heavy atom. The van der Waals surface area contributed by atoms with Crippen LogP contribution in [-0.2, 0) is 14.3 Å². The second-order valence-corrected chi connectivity index (χ2v) is 8.56. The van der Waals surface area contributed by atoms with Gasteiger partial charge in [0.05, 0.1) is 0 Å². The minimum atomic E-state index is -0.570. The minimum Gasteiger partial charge on any atom is -0.444 e. The van der Waals surface area contributed by atoms with E-state index in [9.17, 15) is 14.4 Å². The lowest BCUT2D eigenvalue weighted by Crippen LogP contribution is -2.34. The van der Waals surface area contributed by atoms with Crippen LogP contribution >= 0.6 is 0 Å². The molecule has 0 unspecified atom stereocenters. The van der Waals surface area contributed by atoms with Gasteiger partial charge in [-0.2, -0.15) is 0 Å². The van der Waals surface area contributed by atoms with Gasteiger partial charge in [-0.15, -0.1) is 0 Å². The van der Waals surface area contributed by atoms with Gasteiger partial charge in [0, 0.05) is 30.8 Å². The number of anilines is 2. The van der Waals surface area contributed by atoms with Crippen LogP contribution in [0.1, 0.15) is 65.7 Å². The highest BCUT2D eigenvalue weighted by molar-refractivity contribution is 5.93. The Bertz CT molecular complexity index is 689. The molecule has 3 amide bonds. The molecule has 0 spiro atoms. The molecule has 0 aromatic heterocycles. The zero-order valence-corrected chi connectivity index (χ0v) is 17.7. The van der Waals surface area contributed by atoms with E-state index in [1.807, 2.05) is 0 Å². The summed E-state index contributed by atoms with van der Waals surface area (Å²) in [6, 6.07) is 7.03. The third-order valence-electron chi connectivity index (χ3n) is 4.67. The van der Waals surface area contributed by atoms with E-state index in [0.717, 1.165) is 18.5 Å². The summed E-state index contributed by atoms with van der Waals surface area (Å²) < 4.78 is 5.11. The molecule has 0 aliphatic heterocycles. The molecule has 0 heterocycles. The van der Waals surface area contributed by atoms with Crippen LogP contribution in [0.25, 0.3) is 0 Å². The van der Waals surface area contributed by atoms with Crippen molar-refractivity contribution in [1.82, 2.24) is 5.32 Å². The molecule has 1 saturated carbocycles. The molecule has 1 aliphatic rings. The molecule has 0 radical (unpaired) electrons. The molecule has 3 N–H and O–H groups in total. The lowest BCUT2D eigenvalue weighted by molar-refractivity contribution is -0.117. The van der Waals surface area contributed by atoms with Crippen molar-refractivity contribution in [3.05, 3.63) is 24.3 Å². The van der Waals surface area contributed by atoms with Crippen molar-refractivity contribution in [2.24, 2.45) is 5.92 Å². The van der Waals surface area contributed by atoms with Gasteiger partial charge >= 0.3 is 6.09 Å². The molecular formula is C22H33N3O4. The second-order valence-electron chi connectivity index (χ2n) is 8.56. The summed E-state index contributed by atoms with van der Waals surface area (Å²) in [5.41, 5.74) is 0.785. The van der Waals surface area contributed by atoms with Gasteiger partial charge in [-0.25, -0.2) is 4.79 Å². The molecule has 160 valence electrons. The van der Waals surface area contributed by atoms with Crippen molar-refractivity contribution >= 4 is 29.3 Å². The third kappa shape index (κ3) is 9.45. The first-order valence-electron chi connectivity index (χ1n) is 10.4. The van der Waals surface area contributed by atoms with Crippen molar-refractivity contribution in [2.75, 3.05) is 17.2 Å². The van der Waals surface area contributed by atoms with E-state index >= 15 is 0 Å². The van der Waals surface area contributed by atoms with E-state index in [0.29, 0.717) is 18.0 Å². The van der Waals surface area contributed by atoms with Crippen LogP contribution in [0.15, 0.2) is 24.3 Å². The summed E-state index contributed by atoms with van der Waals surface area (Å²) >= 11 is 0. The predicted octanol–water partition coefficient (Wildman–Crippen LogP) is 4.45. The first kappa shape index (κ1) is 22.7.